The molecule has 5 aliphatic rings. The Hall–Kier alpha value is -1.59. The number of para-hydroxylation sites is 1. The lowest BCUT2D eigenvalue weighted by molar-refractivity contribution is -0.147. The number of hydrogen-bond acceptors (Lipinski definition) is 5. The smallest absolute Gasteiger partial charge is 0.310 e. The summed E-state index contributed by atoms with van der Waals surface area (Å²) in [5, 5.41) is 0. The maximum atomic E-state index is 12.9. The van der Waals surface area contributed by atoms with Gasteiger partial charge in [0.15, 0.2) is 0 Å². The number of esters is 1. The summed E-state index contributed by atoms with van der Waals surface area (Å²) in [6.45, 7) is 8.31. The summed E-state index contributed by atoms with van der Waals surface area (Å²) >= 11 is 0. The molecule has 30 heavy (non-hydrogen) atoms. The van der Waals surface area contributed by atoms with Gasteiger partial charge in [-0.15, -0.1) is 0 Å². The van der Waals surface area contributed by atoms with E-state index >= 15 is 0 Å². The maximum absolute atomic E-state index is 12.9. The number of piperazine rings is 1. The summed E-state index contributed by atoms with van der Waals surface area (Å²) in [6, 6.07) is 10.7. The molecule has 0 amide bonds. The highest BCUT2D eigenvalue weighted by molar-refractivity contribution is 5.75. The topological polar surface area (TPSA) is 45.3 Å². The zero-order valence-electron chi connectivity index (χ0n) is 18.1. The summed E-state index contributed by atoms with van der Waals surface area (Å²) in [7, 11) is 0. The lowest BCUT2D eigenvalue weighted by Crippen LogP contribution is -2.52. The van der Waals surface area contributed by atoms with Gasteiger partial charge in [0.25, 0.3) is 0 Å². The van der Waals surface area contributed by atoms with Crippen molar-refractivity contribution in [3.05, 3.63) is 30.3 Å². The number of anilines is 1. The Morgan fingerprint density at radius 3 is 2.60 bits per heavy atom. The van der Waals surface area contributed by atoms with Gasteiger partial charge in [-0.05, 0) is 55.6 Å². The fraction of sp³-hybridized carbons (Fsp3) is 0.720. The zero-order valence-corrected chi connectivity index (χ0v) is 18.1. The molecule has 5 fully saturated rings. The normalized spacial score (nSPS) is 43.2. The highest BCUT2D eigenvalue weighted by atomic mass is 16.6. The van der Waals surface area contributed by atoms with Crippen LogP contribution in [0.1, 0.15) is 39.0 Å². The van der Waals surface area contributed by atoms with Crippen molar-refractivity contribution in [1.82, 2.24) is 4.90 Å². The third-order valence-corrected chi connectivity index (χ3v) is 9.03. The van der Waals surface area contributed by atoms with E-state index in [0.717, 1.165) is 52.2 Å². The van der Waals surface area contributed by atoms with Crippen molar-refractivity contribution >= 4 is 11.7 Å². The molecule has 3 saturated heterocycles. The molecule has 6 atom stereocenters. The molecule has 0 N–H and O–H groups in total. The molecule has 5 heteroatoms. The Morgan fingerprint density at radius 2 is 1.87 bits per heavy atom. The van der Waals surface area contributed by atoms with E-state index in [1.165, 1.54) is 24.9 Å². The molecule has 0 bridgehead atoms. The number of ether oxygens (including phenoxy) is 2. The van der Waals surface area contributed by atoms with Crippen LogP contribution in [-0.4, -0.2) is 61.9 Å². The Kier molecular flexibility index (Phi) is 4.44. The monoisotopic (exact) mass is 410 g/mol. The number of benzene rings is 1. The van der Waals surface area contributed by atoms with Gasteiger partial charge < -0.3 is 14.4 Å². The minimum atomic E-state index is 0.0422. The van der Waals surface area contributed by atoms with Gasteiger partial charge in [-0.3, -0.25) is 9.69 Å². The van der Waals surface area contributed by atoms with Crippen molar-refractivity contribution in [2.45, 2.75) is 50.7 Å². The molecule has 3 aliphatic heterocycles. The SMILES string of the molecule is CC12CCCC3(CO3)C1CC1C(C2)OC(=O)C1CN1CCN(c2ccccc2)CC1. The lowest BCUT2D eigenvalue weighted by atomic mass is 9.53. The average Bonchev–Trinajstić information content (AvgIpc) is 3.46. The molecule has 6 rings (SSSR count). The number of fused-ring (bicyclic) bond motifs is 3. The standard InChI is InChI=1S/C25H34N2O3/c1-24-8-5-9-25(17-29-25)22(24)14-19-20(23(28)30-21(19)15-24)16-26-10-12-27(13-11-26)18-6-3-2-4-7-18/h2-4,6-7,19-22H,5,8-17H2,1H3. The minimum Gasteiger partial charge on any atom is -0.462 e. The van der Waals surface area contributed by atoms with Gasteiger partial charge in [0.1, 0.15) is 6.10 Å². The number of epoxide rings is 1. The Labute approximate surface area is 179 Å². The van der Waals surface area contributed by atoms with Crippen molar-refractivity contribution in [2.75, 3.05) is 44.2 Å². The first-order valence-electron chi connectivity index (χ1n) is 11.9. The van der Waals surface area contributed by atoms with E-state index in [4.69, 9.17) is 9.47 Å². The van der Waals surface area contributed by atoms with E-state index in [1.54, 1.807) is 0 Å². The first-order valence-corrected chi connectivity index (χ1v) is 11.9. The van der Waals surface area contributed by atoms with Gasteiger partial charge in [-0.2, -0.15) is 0 Å². The molecule has 162 valence electrons. The first-order chi connectivity index (χ1) is 14.6. The van der Waals surface area contributed by atoms with Crippen LogP contribution >= 0.6 is 0 Å². The molecule has 2 aliphatic carbocycles. The van der Waals surface area contributed by atoms with Gasteiger partial charge >= 0.3 is 5.97 Å². The van der Waals surface area contributed by atoms with Crippen molar-refractivity contribution in [3.8, 4) is 0 Å². The third kappa shape index (κ3) is 3.08. The largest absolute Gasteiger partial charge is 0.462 e. The molecule has 1 spiro atoms. The van der Waals surface area contributed by atoms with Gasteiger partial charge in [0.2, 0.25) is 0 Å². The van der Waals surface area contributed by atoms with Crippen LogP contribution in [0.3, 0.4) is 0 Å². The summed E-state index contributed by atoms with van der Waals surface area (Å²) in [5.41, 5.74) is 1.72. The van der Waals surface area contributed by atoms with Crippen molar-refractivity contribution < 1.29 is 14.3 Å². The minimum absolute atomic E-state index is 0.0422. The van der Waals surface area contributed by atoms with E-state index in [9.17, 15) is 4.79 Å². The summed E-state index contributed by atoms with van der Waals surface area (Å²) in [5.74, 6) is 1.08. The van der Waals surface area contributed by atoms with E-state index in [0.29, 0.717) is 11.8 Å². The summed E-state index contributed by atoms with van der Waals surface area (Å²) in [4.78, 5) is 17.8. The van der Waals surface area contributed by atoms with Gasteiger partial charge in [0, 0.05) is 44.3 Å². The Bertz CT molecular complexity index is 802. The molecule has 3 heterocycles. The summed E-state index contributed by atoms with van der Waals surface area (Å²) in [6.07, 6.45) is 6.01. The fourth-order valence-corrected chi connectivity index (χ4v) is 7.27. The lowest BCUT2D eigenvalue weighted by Gasteiger charge is -2.51. The van der Waals surface area contributed by atoms with Crippen molar-refractivity contribution in [1.29, 1.82) is 0 Å². The van der Waals surface area contributed by atoms with Gasteiger partial charge in [-0.1, -0.05) is 25.1 Å². The van der Waals surface area contributed by atoms with Crippen molar-refractivity contribution in [2.24, 2.45) is 23.2 Å². The second kappa shape index (κ2) is 6.96. The molecule has 5 nitrogen and oxygen atoms in total. The van der Waals surface area contributed by atoms with Crippen LogP contribution in [0.5, 0.6) is 0 Å². The van der Waals surface area contributed by atoms with Gasteiger partial charge in [-0.25, -0.2) is 0 Å². The second-order valence-corrected chi connectivity index (χ2v) is 10.7. The number of nitrogens with zero attached hydrogens (tertiary/aromatic N) is 2. The van der Waals surface area contributed by atoms with Crippen LogP contribution in [0.25, 0.3) is 0 Å². The number of carbonyl (C=O) groups is 1. The average molecular weight is 411 g/mol. The molecule has 0 radical (unpaired) electrons. The molecule has 6 unspecified atom stereocenters. The Morgan fingerprint density at radius 1 is 1.10 bits per heavy atom. The Balaban J connectivity index is 1.12. The number of carbonyl (C=O) groups excluding carboxylic acids is 1. The number of hydrogen-bond donors (Lipinski definition) is 0. The van der Waals surface area contributed by atoms with Crippen LogP contribution in [0.4, 0.5) is 5.69 Å². The van der Waals surface area contributed by atoms with Crippen LogP contribution in [-0.2, 0) is 14.3 Å². The predicted molar refractivity (Wildman–Crippen MR) is 115 cm³/mol. The highest BCUT2D eigenvalue weighted by Crippen LogP contribution is 2.62. The maximum Gasteiger partial charge on any atom is 0.310 e. The predicted octanol–water partition coefficient (Wildman–Crippen LogP) is 3.34. The van der Waals surface area contributed by atoms with Crippen LogP contribution in [0.2, 0.25) is 0 Å². The molecule has 1 aromatic carbocycles. The molecular formula is C25H34N2O3. The molecule has 2 saturated carbocycles. The van der Waals surface area contributed by atoms with Crippen LogP contribution < -0.4 is 4.90 Å². The van der Waals surface area contributed by atoms with Crippen LogP contribution in [0.15, 0.2) is 30.3 Å². The van der Waals surface area contributed by atoms with E-state index in [2.05, 4.69) is 47.1 Å². The zero-order chi connectivity index (χ0) is 20.3. The highest BCUT2D eigenvalue weighted by Gasteiger charge is 2.65. The van der Waals surface area contributed by atoms with E-state index in [-0.39, 0.29) is 29.0 Å². The quantitative estimate of drug-likeness (QED) is 0.565. The van der Waals surface area contributed by atoms with E-state index < -0.39 is 0 Å². The second-order valence-electron chi connectivity index (χ2n) is 10.7. The van der Waals surface area contributed by atoms with Crippen LogP contribution in [0, 0.1) is 23.2 Å². The van der Waals surface area contributed by atoms with Crippen molar-refractivity contribution in [3.63, 3.8) is 0 Å². The summed E-state index contributed by atoms with van der Waals surface area (Å²) < 4.78 is 12.0. The first kappa shape index (κ1) is 19.1. The molecular weight excluding hydrogens is 376 g/mol. The molecule has 0 aromatic heterocycles. The number of rotatable bonds is 3. The molecule has 1 aromatic rings. The van der Waals surface area contributed by atoms with E-state index in [1.807, 2.05) is 0 Å². The van der Waals surface area contributed by atoms with Gasteiger partial charge in [0.05, 0.1) is 18.1 Å². The third-order valence-electron chi connectivity index (χ3n) is 9.03. The fourth-order valence-electron chi connectivity index (χ4n) is 7.27.